The summed E-state index contributed by atoms with van der Waals surface area (Å²) in [6.45, 7) is 2.02. The Balaban J connectivity index is 1.67. The molecule has 1 fully saturated rings. The number of carbonyl (C=O) groups excluding carboxylic acids is 1. The first-order valence-electron chi connectivity index (χ1n) is 8.08. The fraction of sp³-hybridized carbons (Fsp3) is 0.263. The van der Waals surface area contributed by atoms with Gasteiger partial charge in [0.05, 0.1) is 10.7 Å². The second kappa shape index (κ2) is 5.95. The minimum Gasteiger partial charge on any atom is -0.436 e. The number of hydrogen-bond acceptors (Lipinski definition) is 3. The highest BCUT2D eigenvalue weighted by atomic mass is 35.5. The largest absolute Gasteiger partial charge is 0.436 e. The Morgan fingerprint density at radius 1 is 1.25 bits per heavy atom. The molecule has 3 aromatic rings. The van der Waals surface area contributed by atoms with Crippen LogP contribution in [0.1, 0.15) is 24.8 Å². The standard InChI is InChI=1S/C19H17ClN2O2/c1-11-5-8-17-16(9-11)22-19(24-17)13-6-7-14(20)15(10-13)21-18(23)12-3-2-4-12/h5-10,12H,2-4H2,1H3,(H,21,23). The van der Waals surface area contributed by atoms with Crippen molar-refractivity contribution in [3.8, 4) is 11.5 Å². The summed E-state index contributed by atoms with van der Waals surface area (Å²) in [5.41, 5.74) is 4.08. The fourth-order valence-corrected chi connectivity index (χ4v) is 2.99. The summed E-state index contributed by atoms with van der Waals surface area (Å²) in [6, 6.07) is 11.3. The van der Waals surface area contributed by atoms with Gasteiger partial charge in [0, 0.05) is 11.5 Å². The van der Waals surface area contributed by atoms with Crippen molar-refractivity contribution in [3.63, 3.8) is 0 Å². The van der Waals surface area contributed by atoms with Gasteiger partial charge >= 0.3 is 0 Å². The number of fused-ring (bicyclic) bond motifs is 1. The van der Waals surface area contributed by atoms with Gasteiger partial charge in [-0.1, -0.05) is 24.1 Å². The van der Waals surface area contributed by atoms with Crippen LogP contribution in [0.15, 0.2) is 40.8 Å². The first-order chi connectivity index (χ1) is 11.6. The Hall–Kier alpha value is -2.33. The second-order valence-corrected chi connectivity index (χ2v) is 6.71. The lowest BCUT2D eigenvalue weighted by molar-refractivity contribution is -0.122. The molecule has 1 N–H and O–H groups in total. The summed E-state index contributed by atoms with van der Waals surface area (Å²) in [7, 11) is 0. The maximum absolute atomic E-state index is 12.2. The molecule has 0 saturated heterocycles. The lowest BCUT2D eigenvalue weighted by Gasteiger charge is -2.24. The van der Waals surface area contributed by atoms with E-state index in [4.69, 9.17) is 16.0 Å². The molecule has 0 radical (unpaired) electrons. The van der Waals surface area contributed by atoms with E-state index in [1.165, 1.54) is 0 Å². The number of rotatable bonds is 3. The van der Waals surface area contributed by atoms with Crippen LogP contribution in [-0.4, -0.2) is 10.9 Å². The van der Waals surface area contributed by atoms with E-state index in [9.17, 15) is 4.79 Å². The lowest BCUT2D eigenvalue weighted by atomic mass is 9.85. The first-order valence-corrected chi connectivity index (χ1v) is 8.46. The summed E-state index contributed by atoms with van der Waals surface area (Å²) >= 11 is 6.23. The topological polar surface area (TPSA) is 55.1 Å². The van der Waals surface area contributed by atoms with Gasteiger partial charge in [0.25, 0.3) is 0 Å². The highest BCUT2D eigenvalue weighted by Crippen LogP contribution is 2.33. The summed E-state index contributed by atoms with van der Waals surface area (Å²) in [5.74, 6) is 0.664. The predicted octanol–water partition coefficient (Wildman–Crippen LogP) is 5.20. The van der Waals surface area contributed by atoms with Crippen molar-refractivity contribution >= 4 is 34.3 Å². The van der Waals surface area contributed by atoms with Crippen LogP contribution < -0.4 is 5.32 Å². The second-order valence-electron chi connectivity index (χ2n) is 6.30. The molecule has 4 nitrogen and oxygen atoms in total. The first kappa shape index (κ1) is 15.2. The van der Waals surface area contributed by atoms with E-state index in [-0.39, 0.29) is 11.8 Å². The number of carbonyl (C=O) groups is 1. The monoisotopic (exact) mass is 340 g/mol. The fourth-order valence-electron chi connectivity index (χ4n) is 2.82. The summed E-state index contributed by atoms with van der Waals surface area (Å²) < 4.78 is 5.82. The number of halogens is 1. The molecule has 0 spiro atoms. The van der Waals surface area contributed by atoms with Gasteiger partial charge in [-0.3, -0.25) is 4.79 Å². The Morgan fingerprint density at radius 2 is 2.08 bits per heavy atom. The van der Waals surface area contributed by atoms with Crippen molar-refractivity contribution in [2.45, 2.75) is 26.2 Å². The molecular formula is C19H17ClN2O2. The zero-order chi connectivity index (χ0) is 16.7. The smallest absolute Gasteiger partial charge is 0.227 e. The minimum absolute atomic E-state index is 0.0356. The SMILES string of the molecule is Cc1ccc2oc(-c3ccc(Cl)c(NC(=O)C4CCC4)c3)nc2c1. The molecule has 1 amide bonds. The molecule has 2 aromatic carbocycles. The van der Waals surface area contributed by atoms with Gasteiger partial charge in [0.15, 0.2) is 5.58 Å². The summed E-state index contributed by atoms with van der Waals surface area (Å²) in [5, 5.41) is 3.44. The van der Waals surface area contributed by atoms with E-state index < -0.39 is 0 Å². The average molecular weight is 341 g/mol. The molecule has 1 aliphatic carbocycles. The number of amides is 1. The minimum atomic E-state index is 0.0356. The number of nitrogens with one attached hydrogen (secondary N) is 1. The molecular weight excluding hydrogens is 324 g/mol. The predicted molar refractivity (Wildman–Crippen MR) is 95.2 cm³/mol. The molecule has 4 rings (SSSR count). The van der Waals surface area contributed by atoms with E-state index in [1.54, 1.807) is 6.07 Å². The Kier molecular flexibility index (Phi) is 3.77. The molecule has 122 valence electrons. The molecule has 5 heteroatoms. The van der Waals surface area contributed by atoms with E-state index in [0.717, 1.165) is 41.5 Å². The summed E-state index contributed by atoms with van der Waals surface area (Å²) in [6.07, 6.45) is 3.02. The maximum atomic E-state index is 12.2. The third-order valence-electron chi connectivity index (χ3n) is 4.49. The number of anilines is 1. The Morgan fingerprint density at radius 3 is 2.83 bits per heavy atom. The lowest BCUT2D eigenvalue weighted by Crippen LogP contribution is -2.28. The van der Waals surface area contributed by atoms with Crippen LogP contribution >= 0.6 is 11.6 Å². The molecule has 1 aromatic heterocycles. The van der Waals surface area contributed by atoms with E-state index in [0.29, 0.717) is 16.6 Å². The van der Waals surface area contributed by atoms with Crippen LogP contribution in [0.5, 0.6) is 0 Å². The normalized spacial score (nSPS) is 14.6. The maximum Gasteiger partial charge on any atom is 0.227 e. The third kappa shape index (κ3) is 2.78. The van der Waals surface area contributed by atoms with Crippen molar-refractivity contribution in [1.29, 1.82) is 0 Å². The van der Waals surface area contributed by atoms with E-state index >= 15 is 0 Å². The van der Waals surface area contributed by atoms with Gasteiger partial charge in [0.2, 0.25) is 11.8 Å². The Labute approximate surface area is 144 Å². The molecule has 1 heterocycles. The van der Waals surface area contributed by atoms with Gasteiger partial charge in [-0.25, -0.2) is 4.98 Å². The number of oxazole rings is 1. The molecule has 1 aliphatic rings. The van der Waals surface area contributed by atoms with Crippen molar-refractivity contribution in [2.24, 2.45) is 5.92 Å². The van der Waals surface area contributed by atoms with Gasteiger partial charge in [0.1, 0.15) is 5.52 Å². The van der Waals surface area contributed by atoms with Crippen molar-refractivity contribution in [2.75, 3.05) is 5.32 Å². The molecule has 0 bridgehead atoms. The van der Waals surface area contributed by atoms with Crippen molar-refractivity contribution in [1.82, 2.24) is 4.98 Å². The zero-order valence-corrected chi connectivity index (χ0v) is 14.1. The van der Waals surface area contributed by atoms with Gasteiger partial charge in [-0.2, -0.15) is 0 Å². The Bertz CT molecular complexity index is 928. The van der Waals surface area contributed by atoms with Crippen LogP contribution in [-0.2, 0) is 4.79 Å². The third-order valence-corrected chi connectivity index (χ3v) is 4.82. The van der Waals surface area contributed by atoms with Crippen molar-refractivity contribution < 1.29 is 9.21 Å². The van der Waals surface area contributed by atoms with Crippen LogP contribution in [0.3, 0.4) is 0 Å². The number of benzene rings is 2. The molecule has 24 heavy (non-hydrogen) atoms. The van der Waals surface area contributed by atoms with Crippen molar-refractivity contribution in [3.05, 3.63) is 47.0 Å². The number of hydrogen-bond donors (Lipinski definition) is 1. The van der Waals surface area contributed by atoms with Gasteiger partial charge < -0.3 is 9.73 Å². The van der Waals surface area contributed by atoms with Gasteiger partial charge in [-0.05, 0) is 55.7 Å². The van der Waals surface area contributed by atoms with Crippen LogP contribution in [0.4, 0.5) is 5.69 Å². The zero-order valence-electron chi connectivity index (χ0n) is 13.3. The number of aromatic nitrogens is 1. The highest BCUT2D eigenvalue weighted by Gasteiger charge is 2.25. The van der Waals surface area contributed by atoms with E-state index in [2.05, 4.69) is 10.3 Å². The van der Waals surface area contributed by atoms with Gasteiger partial charge in [-0.15, -0.1) is 0 Å². The highest BCUT2D eigenvalue weighted by molar-refractivity contribution is 6.33. The van der Waals surface area contributed by atoms with Crippen LogP contribution in [0, 0.1) is 12.8 Å². The number of nitrogens with zero attached hydrogens (tertiary/aromatic N) is 1. The molecule has 0 atom stereocenters. The molecule has 1 saturated carbocycles. The van der Waals surface area contributed by atoms with Crippen LogP contribution in [0.2, 0.25) is 5.02 Å². The average Bonchev–Trinajstić information content (AvgIpc) is 2.90. The van der Waals surface area contributed by atoms with Crippen LogP contribution in [0.25, 0.3) is 22.6 Å². The number of aryl methyl sites for hydroxylation is 1. The molecule has 0 unspecified atom stereocenters. The van der Waals surface area contributed by atoms with E-state index in [1.807, 2.05) is 37.3 Å². The molecule has 0 aliphatic heterocycles. The quantitative estimate of drug-likeness (QED) is 0.713. The summed E-state index contributed by atoms with van der Waals surface area (Å²) in [4.78, 5) is 16.7.